The van der Waals surface area contributed by atoms with Crippen LogP contribution in [0.2, 0.25) is 0 Å². The Hall–Kier alpha value is -1.06. The fourth-order valence-corrected chi connectivity index (χ4v) is 7.93. The number of hydrogen-bond acceptors (Lipinski definition) is 3. The van der Waals surface area contributed by atoms with Crippen molar-refractivity contribution in [3.8, 4) is 0 Å². The minimum Gasteiger partial charge on any atom is -0.481 e. The predicted molar refractivity (Wildman–Crippen MR) is 248 cm³/mol. The summed E-state index contributed by atoms with van der Waals surface area (Å²) in [6, 6.07) is 0. The zero-order valence-electron chi connectivity index (χ0n) is 39.1. The number of aliphatic carboxylic acids is 1. The van der Waals surface area contributed by atoms with Gasteiger partial charge in [0.25, 0.3) is 0 Å². The molecule has 0 aliphatic carbocycles. The lowest BCUT2D eigenvalue weighted by Gasteiger charge is -2.12. The van der Waals surface area contributed by atoms with Gasteiger partial charge in [-0.05, 0) is 25.7 Å². The highest BCUT2D eigenvalue weighted by atomic mass is 16.5. The molecule has 0 amide bonds. The van der Waals surface area contributed by atoms with Crippen LogP contribution in [-0.4, -0.2) is 23.7 Å². The Bertz CT molecular complexity index is 734. The van der Waals surface area contributed by atoms with Gasteiger partial charge in [0.15, 0.2) is 0 Å². The molecule has 0 saturated carbocycles. The molecule has 0 aromatic rings. The highest BCUT2D eigenvalue weighted by Gasteiger charge is 2.16. The van der Waals surface area contributed by atoms with Crippen molar-refractivity contribution in [1.29, 1.82) is 0 Å². The Balaban J connectivity index is 0. The minimum atomic E-state index is -0.572. The third kappa shape index (κ3) is 51.0. The molecule has 0 aliphatic rings. The van der Waals surface area contributed by atoms with Gasteiger partial charge in [-0.15, -0.1) is 0 Å². The fraction of sp³-hybridized carbons (Fsp3) is 0.962. The number of hydrogen-bond donors (Lipinski definition) is 1. The molecule has 1 atom stereocenters. The summed E-state index contributed by atoms with van der Waals surface area (Å²) in [6.45, 7) is 9.61. The maximum atomic E-state index is 11.6. The summed E-state index contributed by atoms with van der Waals surface area (Å²) in [5.41, 5.74) is 0. The van der Waals surface area contributed by atoms with E-state index in [2.05, 4.69) is 27.7 Å². The molecular weight excluding hydrogens is 689 g/mol. The van der Waals surface area contributed by atoms with Gasteiger partial charge in [-0.2, -0.15) is 0 Å². The lowest BCUT2D eigenvalue weighted by Crippen LogP contribution is -2.13. The molecule has 0 aliphatic heterocycles. The van der Waals surface area contributed by atoms with Crippen LogP contribution in [0, 0.1) is 5.92 Å². The number of carboxylic acids is 1. The molecule has 4 nitrogen and oxygen atoms in total. The van der Waals surface area contributed by atoms with Gasteiger partial charge in [0.1, 0.15) is 0 Å². The van der Waals surface area contributed by atoms with Crippen LogP contribution in [0.3, 0.4) is 0 Å². The van der Waals surface area contributed by atoms with Crippen LogP contribution in [0.4, 0.5) is 0 Å². The van der Waals surface area contributed by atoms with E-state index in [1.807, 2.05) is 0 Å². The largest absolute Gasteiger partial charge is 0.481 e. The molecule has 0 spiro atoms. The quantitative estimate of drug-likeness (QED) is 0.0492. The van der Waals surface area contributed by atoms with E-state index >= 15 is 0 Å². The van der Waals surface area contributed by atoms with E-state index in [-0.39, 0.29) is 11.9 Å². The fourth-order valence-electron chi connectivity index (χ4n) is 7.93. The molecule has 0 rings (SSSR count). The first kappa shape index (κ1) is 57.0. The molecule has 1 unspecified atom stereocenters. The van der Waals surface area contributed by atoms with E-state index < -0.39 is 5.97 Å². The van der Waals surface area contributed by atoms with Crippen molar-refractivity contribution in [3.05, 3.63) is 0 Å². The van der Waals surface area contributed by atoms with Crippen LogP contribution in [0.5, 0.6) is 0 Å². The van der Waals surface area contributed by atoms with Gasteiger partial charge in [-0.25, -0.2) is 0 Å². The number of ether oxygens (including phenoxy) is 1. The number of carboxylic acid groups (broad SMARTS) is 1. The van der Waals surface area contributed by atoms with Crippen LogP contribution in [0.15, 0.2) is 0 Å². The Morgan fingerprint density at radius 3 is 0.857 bits per heavy atom. The lowest BCUT2D eigenvalue weighted by atomic mass is 9.94. The number of rotatable bonds is 46. The molecule has 0 fully saturated rings. The van der Waals surface area contributed by atoms with Gasteiger partial charge >= 0.3 is 11.9 Å². The summed E-state index contributed by atoms with van der Waals surface area (Å²) in [7, 11) is 0. The molecule has 0 aromatic carbocycles. The van der Waals surface area contributed by atoms with Crippen molar-refractivity contribution in [2.45, 2.75) is 310 Å². The second-order valence-corrected chi connectivity index (χ2v) is 17.7. The number of unbranched alkanes of at least 4 members (excludes halogenated alkanes) is 37. The topological polar surface area (TPSA) is 63.6 Å². The van der Waals surface area contributed by atoms with E-state index in [1.165, 1.54) is 238 Å². The molecule has 0 radical (unpaired) electrons. The van der Waals surface area contributed by atoms with Gasteiger partial charge in [-0.3, -0.25) is 9.59 Å². The first-order chi connectivity index (χ1) is 27.5. The standard InChI is InChI=1S/2C26H52O2/c1-3-5-7-9-10-11-12-13-14-15-16-17-18-19-20-22-24-25(26(27)28)23-21-8-6-4-2;1-3-5-7-9-10-11-12-13-14-15-16-17-18-19-21-23-25-28-26(27)24-22-20-8-6-4-2/h25H,3-24H2,1-2H3,(H,27,28);3-25H2,1-2H3. The lowest BCUT2D eigenvalue weighted by molar-refractivity contribution is -0.144. The van der Waals surface area contributed by atoms with Crippen molar-refractivity contribution in [2.24, 2.45) is 5.92 Å². The third-order valence-electron chi connectivity index (χ3n) is 11.9. The van der Waals surface area contributed by atoms with Crippen LogP contribution >= 0.6 is 0 Å². The van der Waals surface area contributed by atoms with Crippen LogP contribution in [-0.2, 0) is 14.3 Å². The summed E-state index contributed by atoms with van der Waals surface area (Å²) in [5.74, 6) is -0.654. The van der Waals surface area contributed by atoms with Crippen LogP contribution < -0.4 is 0 Å². The normalized spacial score (nSPS) is 11.7. The van der Waals surface area contributed by atoms with Crippen LogP contribution in [0.25, 0.3) is 0 Å². The average molecular weight is 793 g/mol. The van der Waals surface area contributed by atoms with E-state index in [0.29, 0.717) is 13.0 Å². The molecule has 4 heteroatoms. The summed E-state index contributed by atoms with van der Waals surface area (Å²) in [4.78, 5) is 23.0. The average Bonchev–Trinajstić information content (AvgIpc) is 3.19. The first-order valence-corrected chi connectivity index (χ1v) is 25.9. The summed E-state index contributed by atoms with van der Waals surface area (Å²) < 4.78 is 5.33. The zero-order valence-corrected chi connectivity index (χ0v) is 39.1. The second kappa shape index (κ2) is 52.0. The minimum absolute atomic E-state index is 0.0115. The maximum Gasteiger partial charge on any atom is 0.306 e. The Morgan fingerprint density at radius 2 is 0.571 bits per heavy atom. The first-order valence-electron chi connectivity index (χ1n) is 25.9. The second-order valence-electron chi connectivity index (χ2n) is 17.7. The van der Waals surface area contributed by atoms with Crippen LogP contribution in [0.1, 0.15) is 310 Å². The Kier molecular flexibility index (Phi) is 52.9. The van der Waals surface area contributed by atoms with E-state index in [0.717, 1.165) is 38.5 Å². The smallest absolute Gasteiger partial charge is 0.306 e. The van der Waals surface area contributed by atoms with Crippen molar-refractivity contribution < 1.29 is 19.4 Å². The van der Waals surface area contributed by atoms with Gasteiger partial charge in [0, 0.05) is 6.42 Å². The summed E-state index contributed by atoms with van der Waals surface area (Å²) >= 11 is 0. The van der Waals surface area contributed by atoms with Crippen molar-refractivity contribution in [3.63, 3.8) is 0 Å². The monoisotopic (exact) mass is 793 g/mol. The SMILES string of the molecule is CCCCCCCCCCCCCCCCCCC(CCCCCC)C(=O)O.CCCCCCCCCCCCCCCCCCOC(=O)CCCCCCC. The number of esters is 1. The Labute approximate surface area is 353 Å². The van der Waals surface area contributed by atoms with Gasteiger partial charge in [0.2, 0.25) is 0 Å². The van der Waals surface area contributed by atoms with Gasteiger partial charge in [-0.1, -0.05) is 278 Å². The van der Waals surface area contributed by atoms with Crippen molar-refractivity contribution in [1.82, 2.24) is 0 Å². The molecule has 56 heavy (non-hydrogen) atoms. The number of carbonyl (C=O) groups excluding carboxylic acids is 1. The Morgan fingerprint density at radius 1 is 0.339 bits per heavy atom. The third-order valence-corrected chi connectivity index (χ3v) is 11.9. The highest BCUT2D eigenvalue weighted by Crippen LogP contribution is 2.20. The molecule has 0 saturated heterocycles. The molecule has 0 heterocycles. The van der Waals surface area contributed by atoms with Gasteiger partial charge < -0.3 is 9.84 Å². The molecule has 0 aromatic heterocycles. The van der Waals surface area contributed by atoms with E-state index in [1.54, 1.807) is 0 Å². The molecule has 1 N–H and O–H groups in total. The molecular formula is C52H104O4. The van der Waals surface area contributed by atoms with Gasteiger partial charge in [0.05, 0.1) is 12.5 Å². The van der Waals surface area contributed by atoms with E-state index in [4.69, 9.17) is 4.74 Å². The molecule has 336 valence electrons. The van der Waals surface area contributed by atoms with Crippen molar-refractivity contribution >= 4 is 11.9 Å². The molecule has 0 bridgehead atoms. The summed E-state index contributed by atoms with van der Waals surface area (Å²) in [5, 5.41) is 9.36. The number of carbonyl (C=O) groups is 2. The summed E-state index contributed by atoms with van der Waals surface area (Å²) in [6.07, 6.45) is 57.1. The van der Waals surface area contributed by atoms with E-state index in [9.17, 15) is 14.7 Å². The zero-order chi connectivity index (χ0) is 41.3. The van der Waals surface area contributed by atoms with Crippen molar-refractivity contribution in [2.75, 3.05) is 6.61 Å². The highest BCUT2D eigenvalue weighted by molar-refractivity contribution is 5.70. The maximum absolute atomic E-state index is 11.6. The predicted octanol–water partition coefficient (Wildman–Crippen LogP) is 18.5.